The molecule has 3 rings (SSSR count). The van der Waals surface area contributed by atoms with E-state index in [9.17, 15) is 9.18 Å². The molecular weight excluding hydrogens is 345 g/mol. The lowest BCUT2D eigenvalue weighted by molar-refractivity contribution is -0.138. The summed E-state index contributed by atoms with van der Waals surface area (Å²) in [5.74, 6) is -0.307. The Balaban J connectivity index is 1.74. The van der Waals surface area contributed by atoms with Crippen LogP contribution in [-0.4, -0.2) is 16.1 Å². The average Bonchev–Trinajstić information content (AvgIpc) is 3.10. The molecule has 1 N–H and O–H groups in total. The minimum Gasteiger partial charge on any atom is -0.481 e. The first-order chi connectivity index (χ1) is 12.9. The van der Waals surface area contributed by atoms with Crippen molar-refractivity contribution in [2.45, 2.75) is 26.7 Å². The van der Waals surface area contributed by atoms with E-state index in [0.717, 1.165) is 16.7 Å². The molecular formula is C22H22FNO3. The van der Waals surface area contributed by atoms with Gasteiger partial charge in [-0.15, -0.1) is 0 Å². The van der Waals surface area contributed by atoms with E-state index in [4.69, 9.17) is 9.52 Å². The van der Waals surface area contributed by atoms with Gasteiger partial charge < -0.3 is 9.52 Å². The van der Waals surface area contributed by atoms with Gasteiger partial charge in [-0.05, 0) is 35.1 Å². The van der Waals surface area contributed by atoms with Crippen LogP contribution in [0.2, 0.25) is 0 Å². The summed E-state index contributed by atoms with van der Waals surface area (Å²) in [7, 11) is 0. The molecule has 0 amide bonds. The third kappa shape index (κ3) is 4.82. The molecule has 0 saturated heterocycles. The Morgan fingerprint density at radius 3 is 2.15 bits per heavy atom. The molecule has 1 unspecified atom stereocenters. The maximum atomic E-state index is 13.0. The first kappa shape index (κ1) is 18.8. The monoisotopic (exact) mass is 367 g/mol. The van der Waals surface area contributed by atoms with Gasteiger partial charge in [0, 0.05) is 18.4 Å². The summed E-state index contributed by atoms with van der Waals surface area (Å²) < 4.78 is 18.6. The third-order valence-corrected chi connectivity index (χ3v) is 4.73. The predicted octanol–water partition coefficient (Wildman–Crippen LogP) is 5.44. The Labute approximate surface area is 157 Å². The van der Waals surface area contributed by atoms with Crippen molar-refractivity contribution in [3.05, 3.63) is 66.5 Å². The summed E-state index contributed by atoms with van der Waals surface area (Å²) in [6.07, 6.45) is 2.19. The Bertz CT molecular complexity index is 898. The van der Waals surface area contributed by atoms with Crippen LogP contribution >= 0.6 is 0 Å². The van der Waals surface area contributed by atoms with Gasteiger partial charge in [0.2, 0.25) is 0 Å². The fourth-order valence-corrected chi connectivity index (χ4v) is 3.01. The van der Waals surface area contributed by atoms with E-state index in [1.165, 1.54) is 12.1 Å². The number of hydrogen-bond acceptors (Lipinski definition) is 3. The molecule has 1 atom stereocenters. The molecule has 0 aliphatic carbocycles. The zero-order valence-corrected chi connectivity index (χ0v) is 15.4. The van der Waals surface area contributed by atoms with Crippen LogP contribution in [0, 0.1) is 17.7 Å². The largest absolute Gasteiger partial charge is 0.481 e. The van der Waals surface area contributed by atoms with Crippen LogP contribution in [0.15, 0.2) is 59.2 Å². The molecule has 0 aliphatic rings. The predicted molar refractivity (Wildman–Crippen MR) is 102 cm³/mol. The van der Waals surface area contributed by atoms with Crippen molar-refractivity contribution in [2.75, 3.05) is 0 Å². The Kier molecular flexibility index (Phi) is 5.69. The maximum absolute atomic E-state index is 13.0. The SMILES string of the molecule is CC(C)C(CC(=O)O)Cc1nc(-c2ccc(-c3ccc(F)cc3)cc2)co1. The topological polar surface area (TPSA) is 63.3 Å². The molecule has 27 heavy (non-hydrogen) atoms. The van der Waals surface area contributed by atoms with Gasteiger partial charge in [0.05, 0.1) is 0 Å². The van der Waals surface area contributed by atoms with Crippen molar-refractivity contribution >= 4 is 5.97 Å². The first-order valence-electron chi connectivity index (χ1n) is 8.95. The minimum absolute atomic E-state index is 0.0187. The van der Waals surface area contributed by atoms with Crippen LogP contribution in [0.4, 0.5) is 4.39 Å². The first-order valence-corrected chi connectivity index (χ1v) is 8.95. The Morgan fingerprint density at radius 2 is 1.59 bits per heavy atom. The van der Waals surface area contributed by atoms with Gasteiger partial charge in [-0.25, -0.2) is 9.37 Å². The standard InChI is InChI=1S/C22H22FNO3/c1-14(2)18(12-22(25)26)11-21-24-20(13-27-21)17-5-3-15(4-6-17)16-7-9-19(23)10-8-16/h3-10,13-14,18H,11-12H2,1-2H3,(H,25,26). The molecule has 0 radical (unpaired) electrons. The van der Waals surface area contributed by atoms with Crippen LogP contribution < -0.4 is 0 Å². The number of benzene rings is 2. The van der Waals surface area contributed by atoms with Crippen LogP contribution in [0.25, 0.3) is 22.4 Å². The second kappa shape index (κ2) is 8.16. The summed E-state index contributed by atoms with van der Waals surface area (Å²) in [4.78, 5) is 15.5. The number of halogens is 1. The highest BCUT2D eigenvalue weighted by Gasteiger charge is 2.20. The summed E-state index contributed by atoms with van der Waals surface area (Å²) >= 11 is 0. The van der Waals surface area contributed by atoms with Gasteiger partial charge in [0.25, 0.3) is 0 Å². The van der Waals surface area contributed by atoms with Crippen LogP contribution in [0.1, 0.15) is 26.2 Å². The molecule has 0 bridgehead atoms. The van der Waals surface area contributed by atoms with Crippen molar-refractivity contribution in [1.29, 1.82) is 0 Å². The number of hydrogen-bond donors (Lipinski definition) is 1. The van der Waals surface area contributed by atoms with Crippen LogP contribution in [0.3, 0.4) is 0 Å². The number of oxazole rings is 1. The van der Waals surface area contributed by atoms with Gasteiger partial charge in [-0.3, -0.25) is 4.79 Å². The third-order valence-electron chi connectivity index (χ3n) is 4.73. The van der Waals surface area contributed by atoms with E-state index in [-0.39, 0.29) is 24.1 Å². The number of carboxylic acids is 1. The molecule has 140 valence electrons. The average molecular weight is 367 g/mol. The zero-order valence-electron chi connectivity index (χ0n) is 15.4. The number of aliphatic carboxylic acids is 1. The van der Waals surface area contributed by atoms with Crippen molar-refractivity contribution < 1.29 is 18.7 Å². The molecule has 5 heteroatoms. The smallest absolute Gasteiger partial charge is 0.303 e. The Hall–Kier alpha value is -2.95. The lowest BCUT2D eigenvalue weighted by atomic mass is 9.89. The van der Waals surface area contributed by atoms with Crippen molar-refractivity contribution in [2.24, 2.45) is 11.8 Å². The Morgan fingerprint density at radius 1 is 1.04 bits per heavy atom. The number of rotatable bonds is 7. The van der Waals surface area contributed by atoms with Gasteiger partial charge in [0.15, 0.2) is 5.89 Å². The van der Waals surface area contributed by atoms with E-state index in [0.29, 0.717) is 18.0 Å². The van der Waals surface area contributed by atoms with Crippen molar-refractivity contribution in [3.63, 3.8) is 0 Å². The summed E-state index contributed by atoms with van der Waals surface area (Å²) in [6.45, 7) is 4.01. The molecule has 2 aromatic carbocycles. The number of carbonyl (C=O) groups is 1. The van der Waals surface area contributed by atoms with E-state index in [1.54, 1.807) is 18.4 Å². The molecule has 0 aliphatic heterocycles. The fourth-order valence-electron chi connectivity index (χ4n) is 3.01. The van der Waals surface area contributed by atoms with Gasteiger partial charge in [-0.1, -0.05) is 50.2 Å². The second-order valence-electron chi connectivity index (χ2n) is 7.02. The minimum atomic E-state index is -0.808. The molecule has 3 aromatic rings. The van der Waals surface area contributed by atoms with Gasteiger partial charge >= 0.3 is 5.97 Å². The fraction of sp³-hybridized carbons (Fsp3) is 0.273. The van der Waals surface area contributed by atoms with E-state index in [2.05, 4.69) is 4.98 Å². The number of aromatic nitrogens is 1. The summed E-state index contributed by atoms with van der Waals surface area (Å²) in [6, 6.07) is 14.2. The molecule has 0 fully saturated rings. The summed E-state index contributed by atoms with van der Waals surface area (Å²) in [5.41, 5.74) is 3.56. The zero-order chi connectivity index (χ0) is 19.4. The lowest BCUT2D eigenvalue weighted by Gasteiger charge is -2.16. The summed E-state index contributed by atoms with van der Waals surface area (Å²) in [5, 5.41) is 9.06. The molecule has 0 saturated carbocycles. The second-order valence-corrected chi connectivity index (χ2v) is 7.02. The highest BCUT2D eigenvalue weighted by atomic mass is 19.1. The molecule has 0 spiro atoms. The van der Waals surface area contributed by atoms with E-state index >= 15 is 0 Å². The highest BCUT2D eigenvalue weighted by Crippen LogP contribution is 2.26. The van der Waals surface area contributed by atoms with Crippen LogP contribution in [0.5, 0.6) is 0 Å². The maximum Gasteiger partial charge on any atom is 0.303 e. The van der Waals surface area contributed by atoms with Gasteiger partial charge in [0.1, 0.15) is 17.8 Å². The van der Waals surface area contributed by atoms with Crippen molar-refractivity contribution in [3.8, 4) is 22.4 Å². The molecule has 1 aromatic heterocycles. The lowest BCUT2D eigenvalue weighted by Crippen LogP contribution is -2.16. The number of carboxylic acid groups (broad SMARTS) is 1. The van der Waals surface area contributed by atoms with E-state index in [1.807, 2.05) is 38.1 Å². The van der Waals surface area contributed by atoms with Crippen LogP contribution in [-0.2, 0) is 11.2 Å². The molecule has 4 nitrogen and oxygen atoms in total. The normalized spacial score (nSPS) is 12.3. The quantitative estimate of drug-likeness (QED) is 0.604. The van der Waals surface area contributed by atoms with Crippen molar-refractivity contribution in [1.82, 2.24) is 4.98 Å². The van der Waals surface area contributed by atoms with E-state index < -0.39 is 5.97 Å². The molecule has 1 heterocycles. The van der Waals surface area contributed by atoms with Gasteiger partial charge in [-0.2, -0.15) is 0 Å². The highest BCUT2D eigenvalue weighted by molar-refractivity contribution is 5.68. The number of nitrogens with zero attached hydrogens (tertiary/aromatic N) is 1.